The number of aromatic amines is 1. The van der Waals surface area contributed by atoms with Gasteiger partial charge in [0.05, 0.1) is 19.0 Å². The van der Waals surface area contributed by atoms with Crippen molar-refractivity contribution in [3.63, 3.8) is 0 Å². The van der Waals surface area contributed by atoms with Crippen LogP contribution in [0.5, 0.6) is 5.75 Å². The van der Waals surface area contributed by atoms with Crippen LogP contribution in [0.15, 0.2) is 61.1 Å². The highest BCUT2D eigenvalue weighted by Gasteiger charge is 2.22. The summed E-state index contributed by atoms with van der Waals surface area (Å²) in [5.74, 6) is 1.46. The Morgan fingerprint density at radius 1 is 1.13 bits per heavy atom. The van der Waals surface area contributed by atoms with Gasteiger partial charge in [-0.25, -0.2) is 4.68 Å². The number of likely N-dealkylation sites (tertiary alicyclic amines) is 1. The van der Waals surface area contributed by atoms with E-state index in [0.717, 1.165) is 42.5 Å². The molecule has 0 spiro atoms. The predicted octanol–water partition coefficient (Wildman–Crippen LogP) is 5.44. The molecule has 31 heavy (non-hydrogen) atoms. The normalized spacial score (nSPS) is 15.5. The molecule has 0 aliphatic carbocycles. The van der Waals surface area contributed by atoms with Gasteiger partial charge in [-0.1, -0.05) is 11.6 Å². The second-order valence-electron chi connectivity index (χ2n) is 8.29. The number of hydrogen-bond acceptors (Lipinski definition) is 3. The molecule has 0 saturated carbocycles. The van der Waals surface area contributed by atoms with Crippen LogP contribution in [0.3, 0.4) is 0 Å². The van der Waals surface area contributed by atoms with E-state index in [1.165, 1.54) is 34.9 Å². The quantitative estimate of drug-likeness (QED) is 0.439. The molecule has 4 aromatic rings. The van der Waals surface area contributed by atoms with Gasteiger partial charge in [0.25, 0.3) is 0 Å². The van der Waals surface area contributed by atoms with E-state index in [4.69, 9.17) is 16.3 Å². The van der Waals surface area contributed by atoms with Gasteiger partial charge in [-0.2, -0.15) is 5.10 Å². The maximum Gasteiger partial charge on any atom is 0.119 e. The fraction of sp³-hybridized carbons (Fsp3) is 0.320. The highest BCUT2D eigenvalue weighted by molar-refractivity contribution is 6.31. The smallest absolute Gasteiger partial charge is 0.119 e. The molecule has 1 aliphatic heterocycles. The van der Waals surface area contributed by atoms with Crippen LogP contribution < -0.4 is 4.74 Å². The van der Waals surface area contributed by atoms with Crippen LogP contribution >= 0.6 is 11.6 Å². The largest absolute Gasteiger partial charge is 0.497 e. The van der Waals surface area contributed by atoms with Gasteiger partial charge in [0, 0.05) is 34.9 Å². The van der Waals surface area contributed by atoms with Gasteiger partial charge in [-0.05, 0) is 91.9 Å². The van der Waals surface area contributed by atoms with E-state index in [1.807, 2.05) is 41.2 Å². The van der Waals surface area contributed by atoms with Crippen molar-refractivity contribution in [2.45, 2.75) is 25.2 Å². The Kier molecular flexibility index (Phi) is 5.70. The Labute approximate surface area is 187 Å². The van der Waals surface area contributed by atoms with Gasteiger partial charge in [0.15, 0.2) is 0 Å². The molecule has 2 aromatic heterocycles. The molecule has 5 nitrogen and oxygen atoms in total. The fourth-order valence-corrected chi connectivity index (χ4v) is 4.74. The highest BCUT2D eigenvalue weighted by atomic mass is 35.5. The van der Waals surface area contributed by atoms with Crippen LogP contribution in [0.1, 0.15) is 29.9 Å². The Morgan fingerprint density at radius 2 is 1.94 bits per heavy atom. The lowest BCUT2D eigenvalue weighted by molar-refractivity contribution is 0.215. The molecule has 5 rings (SSSR count). The lowest BCUT2D eigenvalue weighted by Gasteiger charge is -2.31. The number of ether oxygens (including phenoxy) is 1. The van der Waals surface area contributed by atoms with Crippen molar-refractivity contribution in [2.24, 2.45) is 0 Å². The number of halogens is 1. The second-order valence-corrected chi connectivity index (χ2v) is 8.73. The minimum absolute atomic E-state index is 0.598. The summed E-state index contributed by atoms with van der Waals surface area (Å²) < 4.78 is 7.16. The fourth-order valence-electron chi connectivity index (χ4n) is 4.57. The molecule has 0 atom stereocenters. The summed E-state index contributed by atoms with van der Waals surface area (Å²) in [6.07, 6.45) is 9.67. The molecule has 1 aliphatic rings. The first-order valence-electron chi connectivity index (χ1n) is 10.9. The number of nitrogens with zero attached hydrogens (tertiary/aromatic N) is 3. The lowest BCUT2D eigenvalue weighted by atomic mass is 9.89. The van der Waals surface area contributed by atoms with Crippen LogP contribution in [0, 0.1) is 0 Å². The molecule has 1 N–H and O–H groups in total. The summed E-state index contributed by atoms with van der Waals surface area (Å²) in [4.78, 5) is 5.98. The Hall–Kier alpha value is -2.76. The highest BCUT2D eigenvalue weighted by Crippen LogP contribution is 2.34. The number of rotatable bonds is 6. The number of methoxy groups -OCH3 is 1. The second kappa shape index (κ2) is 8.77. The van der Waals surface area contributed by atoms with E-state index in [2.05, 4.69) is 39.5 Å². The summed E-state index contributed by atoms with van der Waals surface area (Å²) in [5, 5.41) is 6.61. The zero-order chi connectivity index (χ0) is 21.2. The van der Waals surface area contributed by atoms with Crippen molar-refractivity contribution in [3.05, 3.63) is 77.2 Å². The zero-order valence-corrected chi connectivity index (χ0v) is 18.5. The van der Waals surface area contributed by atoms with Gasteiger partial charge in [-0.3, -0.25) is 0 Å². The van der Waals surface area contributed by atoms with Crippen LogP contribution in [-0.2, 0) is 6.42 Å². The molecule has 0 amide bonds. The third kappa shape index (κ3) is 4.34. The summed E-state index contributed by atoms with van der Waals surface area (Å²) in [6, 6.07) is 14.1. The monoisotopic (exact) mass is 434 g/mol. The van der Waals surface area contributed by atoms with E-state index < -0.39 is 0 Å². The molecule has 1 fully saturated rings. The SMILES string of the molecule is COc1ccc(-n2cc(CCN3CCC(c4c[nH]c5ccc(Cl)cc45)CC3)cn2)cc1. The minimum Gasteiger partial charge on any atom is -0.497 e. The molecular formula is C25H27ClN4O. The molecule has 0 unspecified atom stereocenters. The van der Waals surface area contributed by atoms with Crippen molar-refractivity contribution in [1.29, 1.82) is 0 Å². The van der Waals surface area contributed by atoms with Crippen molar-refractivity contribution >= 4 is 22.5 Å². The first-order valence-corrected chi connectivity index (χ1v) is 11.2. The molecule has 2 aromatic carbocycles. The van der Waals surface area contributed by atoms with Gasteiger partial charge in [0.2, 0.25) is 0 Å². The van der Waals surface area contributed by atoms with E-state index in [9.17, 15) is 0 Å². The zero-order valence-electron chi connectivity index (χ0n) is 17.7. The average molecular weight is 435 g/mol. The maximum atomic E-state index is 6.23. The summed E-state index contributed by atoms with van der Waals surface area (Å²) in [6.45, 7) is 3.33. The van der Waals surface area contributed by atoms with Crippen molar-refractivity contribution in [1.82, 2.24) is 19.7 Å². The van der Waals surface area contributed by atoms with Crippen LogP contribution in [0.4, 0.5) is 0 Å². The van der Waals surface area contributed by atoms with Crippen LogP contribution in [-0.4, -0.2) is 46.4 Å². The molecule has 6 heteroatoms. The van der Waals surface area contributed by atoms with Gasteiger partial charge >= 0.3 is 0 Å². The topological polar surface area (TPSA) is 46.1 Å². The third-order valence-electron chi connectivity index (χ3n) is 6.39. The number of hydrogen-bond donors (Lipinski definition) is 1. The summed E-state index contributed by atoms with van der Waals surface area (Å²) in [5.41, 5.74) is 4.91. The van der Waals surface area contributed by atoms with E-state index in [-0.39, 0.29) is 0 Å². The van der Waals surface area contributed by atoms with Gasteiger partial charge < -0.3 is 14.6 Å². The number of nitrogens with one attached hydrogen (secondary N) is 1. The molecule has 1 saturated heterocycles. The van der Waals surface area contributed by atoms with E-state index in [1.54, 1.807) is 7.11 Å². The number of benzene rings is 2. The Balaban J connectivity index is 1.16. The summed E-state index contributed by atoms with van der Waals surface area (Å²) in [7, 11) is 1.68. The number of piperidine rings is 1. The van der Waals surface area contributed by atoms with Crippen molar-refractivity contribution < 1.29 is 4.74 Å². The third-order valence-corrected chi connectivity index (χ3v) is 6.63. The molecule has 160 valence electrons. The van der Waals surface area contributed by atoms with Gasteiger partial charge in [-0.15, -0.1) is 0 Å². The Morgan fingerprint density at radius 3 is 2.71 bits per heavy atom. The number of H-pyrrole nitrogens is 1. The predicted molar refractivity (Wildman–Crippen MR) is 126 cm³/mol. The van der Waals surface area contributed by atoms with E-state index >= 15 is 0 Å². The van der Waals surface area contributed by atoms with Crippen LogP contribution in [0.25, 0.3) is 16.6 Å². The number of fused-ring (bicyclic) bond motifs is 1. The first-order chi connectivity index (χ1) is 15.2. The van der Waals surface area contributed by atoms with Crippen molar-refractivity contribution in [3.8, 4) is 11.4 Å². The molecular weight excluding hydrogens is 408 g/mol. The van der Waals surface area contributed by atoms with Crippen molar-refractivity contribution in [2.75, 3.05) is 26.7 Å². The molecule has 0 bridgehead atoms. The lowest BCUT2D eigenvalue weighted by Crippen LogP contribution is -2.34. The molecule has 3 heterocycles. The standard InChI is InChI=1S/C25H27ClN4O/c1-31-22-5-3-21(4-6-22)30-17-18(15-28-30)8-11-29-12-9-19(10-13-29)24-16-27-25-7-2-20(26)14-23(24)25/h2-7,14-17,19,27H,8-13H2,1H3. The average Bonchev–Trinajstić information content (AvgIpc) is 3.45. The Bertz CT molecular complexity index is 1160. The molecule has 0 radical (unpaired) electrons. The first kappa shape index (κ1) is 20.2. The summed E-state index contributed by atoms with van der Waals surface area (Å²) >= 11 is 6.23. The van der Waals surface area contributed by atoms with E-state index in [0.29, 0.717) is 5.92 Å². The van der Waals surface area contributed by atoms with Crippen LogP contribution in [0.2, 0.25) is 5.02 Å². The minimum atomic E-state index is 0.598. The van der Waals surface area contributed by atoms with Gasteiger partial charge in [0.1, 0.15) is 5.75 Å². The maximum absolute atomic E-state index is 6.23. The number of aromatic nitrogens is 3.